The molecule has 2 fully saturated rings. The van der Waals surface area contributed by atoms with E-state index in [1.807, 2.05) is 29.2 Å². The normalized spacial score (nSPS) is 21.1. The van der Waals surface area contributed by atoms with Crippen molar-refractivity contribution >= 4 is 5.91 Å². The highest BCUT2D eigenvalue weighted by Crippen LogP contribution is 2.36. The van der Waals surface area contributed by atoms with Gasteiger partial charge in [0.05, 0.1) is 7.11 Å². The van der Waals surface area contributed by atoms with Crippen LogP contribution >= 0.6 is 0 Å². The van der Waals surface area contributed by atoms with E-state index in [4.69, 9.17) is 9.26 Å². The summed E-state index contributed by atoms with van der Waals surface area (Å²) in [5.74, 6) is 2.28. The first kappa shape index (κ1) is 17.1. The van der Waals surface area contributed by atoms with Crippen molar-refractivity contribution in [1.82, 2.24) is 15.0 Å². The molecular weight excluding hydrogens is 330 g/mol. The zero-order chi connectivity index (χ0) is 17.9. The number of aromatic nitrogens is 2. The van der Waals surface area contributed by atoms with Crippen LogP contribution in [0.25, 0.3) is 11.4 Å². The minimum Gasteiger partial charge on any atom is -0.497 e. The monoisotopic (exact) mass is 355 g/mol. The first-order chi connectivity index (χ1) is 12.8. The summed E-state index contributed by atoms with van der Waals surface area (Å²) in [7, 11) is 1.63. The predicted octanol–water partition coefficient (Wildman–Crippen LogP) is 3.99. The highest BCUT2D eigenvalue weighted by atomic mass is 16.5. The van der Waals surface area contributed by atoms with E-state index >= 15 is 0 Å². The molecule has 0 spiro atoms. The Bertz CT molecular complexity index is 767. The van der Waals surface area contributed by atoms with Crippen molar-refractivity contribution in [3.8, 4) is 17.1 Å². The highest BCUT2D eigenvalue weighted by Gasteiger charge is 2.37. The summed E-state index contributed by atoms with van der Waals surface area (Å²) in [5, 5.41) is 4.13. The zero-order valence-corrected chi connectivity index (χ0v) is 15.2. The predicted molar refractivity (Wildman–Crippen MR) is 96.5 cm³/mol. The van der Waals surface area contributed by atoms with Crippen LogP contribution in [0.5, 0.6) is 5.75 Å². The first-order valence-corrected chi connectivity index (χ1v) is 9.55. The second-order valence-electron chi connectivity index (χ2n) is 7.21. The van der Waals surface area contributed by atoms with Crippen LogP contribution in [0.15, 0.2) is 28.8 Å². The molecule has 1 aromatic heterocycles. The molecule has 138 valence electrons. The largest absolute Gasteiger partial charge is 0.497 e. The molecule has 1 saturated heterocycles. The molecule has 2 aromatic rings. The lowest BCUT2D eigenvalue weighted by atomic mass is 9.88. The molecule has 0 N–H and O–H groups in total. The van der Waals surface area contributed by atoms with Crippen molar-refractivity contribution in [2.24, 2.45) is 5.92 Å². The van der Waals surface area contributed by atoms with Crippen LogP contribution in [0.2, 0.25) is 0 Å². The third-order valence-corrected chi connectivity index (χ3v) is 5.55. The minimum atomic E-state index is -0.0868. The highest BCUT2D eigenvalue weighted by molar-refractivity contribution is 5.79. The van der Waals surface area contributed by atoms with Crippen LogP contribution in [-0.4, -0.2) is 34.6 Å². The maximum Gasteiger partial charge on any atom is 0.249 e. The van der Waals surface area contributed by atoms with Gasteiger partial charge in [0, 0.05) is 18.0 Å². The summed E-state index contributed by atoms with van der Waals surface area (Å²) in [4.78, 5) is 19.5. The lowest BCUT2D eigenvalue weighted by molar-refractivity contribution is -0.138. The minimum absolute atomic E-state index is 0.0868. The van der Waals surface area contributed by atoms with Gasteiger partial charge in [-0.1, -0.05) is 36.6 Å². The Kier molecular flexibility index (Phi) is 4.91. The molecule has 1 saturated carbocycles. The van der Waals surface area contributed by atoms with Gasteiger partial charge in [-0.3, -0.25) is 4.79 Å². The Hall–Kier alpha value is -2.37. The average Bonchev–Trinajstić information content (AvgIpc) is 3.37. The van der Waals surface area contributed by atoms with Crippen LogP contribution in [-0.2, 0) is 4.79 Å². The van der Waals surface area contributed by atoms with Gasteiger partial charge in [0.25, 0.3) is 0 Å². The maximum absolute atomic E-state index is 13.0. The van der Waals surface area contributed by atoms with E-state index in [2.05, 4.69) is 10.1 Å². The van der Waals surface area contributed by atoms with Crippen molar-refractivity contribution in [2.75, 3.05) is 13.7 Å². The van der Waals surface area contributed by atoms with E-state index < -0.39 is 0 Å². The van der Waals surface area contributed by atoms with E-state index in [1.54, 1.807) is 7.11 Å². The van der Waals surface area contributed by atoms with Crippen LogP contribution in [0.4, 0.5) is 0 Å². The number of hydrogen-bond donors (Lipinski definition) is 0. The molecule has 26 heavy (non-hydrogen) atoms. The number of nitrogens with zero attached hydrogens (tertiary/aromatic N) is 3. The van der Waals surface area contributed by atoms with Gasteiger partial charge in [-0.25, -0.2) is 0 Å². The molecule has 4 rings (SSSR count). The molecule has 2 heterocycles. The third-order valence-electron chi connectivity index (χ3n) is 5.55. The molecule has 1 aliphatic heterocycles. The van der Waals surface area contributed by atoms with Crippen LogP contribution in [0.1, 0.15) is 56.9 Å². The molecule has 1 aromatic carbocycles. The van der Waals surface area contributed by atoms with E-state index in [9.17, 15) is 4.79 Å². The van der Waals surface area contributed by atoms with Crippen molar-refractivity contribution in [2.45, 2.75) is 51.0 Å². The number of methoxy groups -OCH3 is 1. The molecular formula is C20H25N3O3. The summed E-state index contributed by atoms with van der Waals surface area (Å²) >= 11 is 0. The Morgan fingerprint density at radius 3 is 2.85 bits per heavy atom. The molecule has 1 amide bonds. The van der Waals surface area contributed by atoms with Crippen molar-refractivity contribution in [3.63, 3.8) is 0 Å². The molecule has 0 radical (unpaired) electrons. The fraction of sp³-hybridized carbons (Fsp3) is 0.550. The molecule has 1 atom stereocenters. The van der Waals surface area contributed by atoms with Gasteiger partial charge >= 0.3 is 0 Å². The van der Waals surface area contributed by atoms with Gasteiger partial charge in [0.2, 0.25) is 17.6 Å². The fourth-order valence-corrected chi connectivity index (χ4v) is 4.12. The van der Waals surface area contributed by atoms with Crippen molar-refractivity contribution in [1.29, 1.82) is 0 Å². The summed E-state index contributed by atoms with van der Waals surface area (Å²) in [6, 6.07) is 7.51. The maximum atomic E-state index is 13.0. The molecule has 6 nitrogen and oxygen atoms in total. The number of benzene rings is 1. The van der Waals surface area contributed by atoms with Gasteiger partial charge in [-0.05, 0) is 37.8 Å². The number of likely N-dealkylation sites (tertiary alicyclic amines) is 1. The molecule has 1 unspecified atom stereocenters. The molecule has 2 aliphatic rings. The second kappa shape index (κ2) is 7.48. The van der Waals surface area contributed by atoms with Gasteiger partial charge in [0.1, 0.15) is 11.8 Å². The Balaban J connectivity index is 1.53. The van der Waals surface area contributed by atoms with Gasteiger partial charge in [-0.2, -0.15) is 4.98 Å². The number of carbonyl (C=O) groups is 1. The standard InChI is InChI=1S/C20H25N3O3/c1-25-16-10-5-9-15(13-16)18-21-19(26-22-18)17-11-6-12-23(17)20(24)14-7-3-2-4-8-14/h5,9-10,13-14,17H,2-4,6-8,11-12H2,1H3. The van der Waals surface area contributed by atoms with E-state index in [0.29, 0.717) is 11.7 Å². The SMILES string of the molecule is COc1cccc(-c2noc(C3CCCN3C(=O)C3CCCCC3)n2)c1. The smallest absolute Gasteiger partial charge is 0.249 e. The molecule has 0 bridgehead atoms. The number of rotatable bonds is 4. The van der Waals surface area contributed by atoms with E-state index in [0.717, 1.165) is 56.4 Å². The molecule has 6 heteroatoms. The molecule has 1 aliphatic carbocycles. The van der Waals surface area contributed by atoms with Crippen molar-refractivity contribution in [3.05, 3.63) is 30.2 Å². The quantitative estimate of drug-likeness (QED) is 0.829. The van der Waals surface area contributed by atoms with Gasteiger partial charge in [0.15, 0.2) is 0 Å². The van der Waals surface area contributed by atoms with Gasteiger partial charge < -0.3 is 14.2 Å². The first-order valence-electron chi connectivity index (χ1n) is 9.55. The average molecular weight is 355 g/mol. The Labute approximate surface area is 153 Å². The van der Waals surface area contributed by atoms with Crippen LogP contribution in [0.3, 0.4) is 0 Å². The number of amides is 1. The summed E-state index contributed by atoms with van der Waals surface area (Å²) in [5.41, 5.74) is 0.850. The topological polar surface area (TPSA) is 68.5 Å². The third kappa shape index (κ3) is 3.32. The van der Waals surface area contributed by atoms with Crippen molar-refractivity contribution < 1.29 is 14.1 Å². The van der Waals surface area contributed by atoms with Crippen LogP contribution < -0.4 is 4.74 Å². The fourth-order valence-electron chi connectivity index (χ4n) is 4.12. The number of carbonyl (C=O) groups excluding carboxylic acids is 1. The van der Waals surface area contributed by atoms with E-state index in [-0.39, 0.29) is 17.9 Å². The number of ether oxygens (including phenoxy) is 1. The number of hydrogen-bond acceptors (Lipinski definition) is 5. The van der Waals surface area contributed by atoms with Gasteiger partial charge in [-0.15, -0.1) is 0 Å². The zero-order valence-electron chi connectivity index (χ0n) is 15.2. The Morgan fingerprint density at radius 2 is 2.04 bits per heavy atom. The Morgan fingerprint density at radius 1 is 1.19 bits per heavy atom. The lowest BCUT2D eigenvalue weighted by Gasteiger charge is -2.29. The van der Waals surface area contributed by atoms with E-state index in [1.165, 1.54) is 6.42 Å². The van der Waals surface area contributed by atoms with Crippen LogP contribution in [0, 0.1) is 5.92 Å². The summed E-state index contributed by atoms with van der Waals surface area (Å²) < 4.78 is 10.8. The lowest BCUT2D eigenvalue weighted by Crippen LogP contribution is -2.36. The second-order valence-corrected chi connectivity index (χ2v) is 7.21. The summed E-state index contributed by atoms with van der Waals surface area (Å²) in [6.45, 7) is 0.789. The summed E-state index contributed by atoms with van der Waals surface area (Å²) in [6.07, 6.45) is 7.48.